The molecule has 7 aromatic carbocycles. The van der Waals surface area contributed by atoms with Crippen molar-refractivity contribution in [2.24, 2.45) is 0 Å². The fourth-order valence-corrected chi connectivity index (χ4v) is 10.1. The lowest BCUT2D eigenvalue weighted by atomic mass is 9.76. The summed E-state index contributed by atoms with van der Waals surface area (Å²) in [5, 5.41) is 51.5. The second kappa shape index (κ2) is 12.3. The maximum Gasteiger partial charge on any atom is 0.145 e. The third kappa shape index (κ3) is 4.38. The first kappa shape index (κ1) is 34.2. The van der Waals surface area contributed by atoms with E-state index in [0.717, 1.165) is 81.9 Å². The van der Waals surface area contributed by atoms with Crippen LogP contribution in [0.3, 0.4) is 0 Å². The Kier molecular flexibility index (Phi) is 6.93. The highest BCUT2D eigenvalue weighted by molar-refractivity contribution is 6.25. The topological polar surface area (TPSA) is 131 Å². The lowest BCUT2D eigenvalue weighted by Crippen LogP contribution is -2.34. The lowest BCUT2D eigenvalue weighted by molar-refractivity contribution is 0.419. The number of benzene rings is 7. The maximum absolute atomic E-state index is 11.3. The predicted octanol–water partition coefficient (Wildman–Crippen LogP) is 13.0. The van der Waals surface area contributed by atoms with Gasteiger partial charge in [-0.2, -0.15) is 21.0 Å². The van der Waals surface area contributed by atoms with Crippen molar-refractivity contribution in [2.75, 3.05) is 0 Å². The van der Waals surface area contributed by atoms with Crippen LogP contribution in [0.4, 0.5) is 0 Å². The number of rotatable bonds is 3. The van der Waals surface area contributed by atoms with Crippen LogP contribution in [0.5, 0.6) is 0 Å². The molecule has 282 valence electrons. The van der Waals surface area contributed by atoms with Gasteiger partial charge in [0.25, 0.3) is 0 Å². The minimum Gasteiger partial charge on any atom is -0.455 e. The summed E-state index contributed by atoms with van der Waals surface area (Å²) in [5.74, 6) is 0. The number of hydrogen-bond acceptors (Lipinski definition) is 6. The third-order valence-corrected chi connectivity index (χ3v) is 12.8. The second-order valence-corrected chi connectivity index (χ2v) is 15.8. The molecular weight excluding hydrogens is 753 g/mol. The van der Waals surface area contributed by atoms with E-state index in [1.54, 1.807) is 12.1 Å². The Morgan fingerprint density at radius 1 is 0.525 bits per heavy atom. The number of aromatic nitrogens is 2. The molecule has 0 saturated carbocycles. The molecular formula is C53H28N6O2. The molecule has 11 aromatic rings. The fraction of sp³-hybridized carbons (Fsp3) is 0.0566. The van der Waals surface area contributed by atoms with E-state index < -0.39 is 5.54 Å². The van der Waals surface area contributed by atoms with E-state index in [2.05, 4.69) is 59.2 Å². The summed E-state index contributed by atoms with van der Waals surface area (Å²) in [6.45, 7) is 2.01. The zero-order chi connectivity index (χ0) is 41.1. The third-order valence-electron chi connectivity index (χ3n) is 12.8. The van der Waals surface area contributed by atoms with Crippen LogP contribution in [0.25, 0.3) is 98.7 Å². The summed E-state index contributed by atoms with van der Waals surface area (Å²) in [6, 6.07) is 53.2. The van der Waals surface area contributed by atoms with Gasteiger partial charge in [-0.05, 0) is 73.5 Å². The van der Waals surface area contributed by atoms with Crippen LogP contribution in [0, 0.1) is 45.3 Å². The highest BCUT2D eigenvalue weighted by atomic mass is 16.3. The van der Waals surface area contributed by atoms with Gasteiger partial charge in [-0.3, -0.25) is 0 Å². The van der Waals surface area contributed by atoms with Crippen LogP contribution >= 0.6 is 0 Å². The van der Waals surface area contributed by atoms with E-state index in [0.29, 0.717) is 34.4 Å². The van der Waals surface area contributed by atoms with Crippen molar-refractivity contribution >= 4 is 93.1 Å². The number of para-hydroxylation sites is 4. The summed E-state index contributed by atoms with van der Waals surface area (Å²) >= 11 is 0. The van der Waals surface area contributed by atoms with Crippen molar-refractivity contribution in [3.63, 3.8) is 0 Å². The summed E-state index contributed by atoms with van der Waals surface area (Å²) in [6.07, 6.45) is 2.35. The Balaban J connectivity index is 1.13. The zero-order valence-electron chi connectivity index (χ0n) is 32.5. The van der Waals surface area contributed by atoms with Gasteiger partial charge in [-0.1, -0.05) is 84.9 Å². The molecule has 61 heavy (non-hydrogen) atoms. The molecule has 0 fully saturated rings. The molecule has 1 aliphatic carbocycles. The standard InChI is InChI=1S/C53H28N6O2/c1-53(59-43-15-7-3-13-38(43)49-45(59)23-21-36-33-11-5-9-17-47(33)61-52(36)49)25-24-31(40(28-56)41(53)29-57)34-19-18-30(26-54)39(27-55)50(34)58-42-14-6-2-12-37(42)48-44(58)22-20-35-32-10-4-8-16-46(32)60-51(35)48/h2-24H,25H2,1H3. The van der Waals surface area contributed by atoms with Gasteiger partial charge < -0.3 is 18.0 Å². The van der Waals surface area contributed by atoms with Crippen molar-refractivity contribution in [1.29, 1.82) is 21.0 Å². The Morgan fingerprint density at radius 2 is 1.10 bits per heavy atom. The van der Waals surface area contributed by atoms with E-state index in [9.17, 15) is 21.0 Å². The van der Waals surface area contributed by atoms with Crippen LogP contribution in [0.15, 0.2) is 160 Å². The molecule has 0 saturated heterocycles. The molecule has 0 N–H and O–H groups in total. The van der Waals surface area contributed by atoms with Gasteiger partial charge in [0.05, 0.1) is 72.4 Å². The molecule has 12 rings (SSSR count). The Morgan fingerprint density at radius 3 is 1.72 bits per heavy atom. The normalized spacial score (nSPS) is 15.6. The van der Waals surface area contributed by atoms with Crippen LogP contribution in [0.1, 0.15) is 30.0 Å². The van der Waals surface area contributed by atoms with Gasteiger partial charge in [-0.15, -0.1) is 0 Å². The van der Waals surface area contributed by atoms with E-state index >= 15 is 0 Å². The molecule has 8 heteroatoms. The molecule has 0 aliphatic heterocycles. The molecule has 0 bridgehead atoms. The lowest BCUT2D eigenvalue weighted by Gasteiger charge is -2.36. The van der Waals surface area contributed by atoms with Gasteiger partial charge >= 0.3 is 0 Å². The fourth-order valence-electron chi connectivity index (χ4n) is 10.1. The Labute approximate surface area is 347 Å². The number of fused-ring (bicyclic) bond motifs is 14. The summed E-state index contributed by atoms with van der Waals surface area (Å²) in [5.41, 5.74) is 7.76. The first-order valence-corrected chi connectivity index (χ1v) is 19.9. The average Bonchev–Trinajstić information content (AvgIpc) is 4.06. The molecule has 8 nitrogen and oxygen atoms in total. The minimum absolute atomic E-state index is 0.162. The number of nitrogens with zero attached hydrogens (tertiary/aromatic N) is 6. The Bertz CT molecular complexity index is 4040. The number of hydrogen-bond donors (Lipinski definition) is 0. The first-order valence-electron chi connectivity index (χ1n) is 19.9. The minimum atomic E-state index is -1.01. The van der Waals surface area contributed by atoms with E-state index in [1.807, 2.05) is 109 Å². The largest absolute Gasteiger partial charge is 0.455 e. The van der Waals surface area contributed by atoms with Crippen LogP contribution in [-0.2, 0) is 5.54 Å². The van der Waals surface area contributed by atoms with Gasteiger partial charge in [0.2, 0.25) is 0 Å². The quantitative estimate of drug-likeness (QED) is 0.175. The number of allylic oxidation sites excluding steroid dienone is 4. The molecule has 0 spiro atoms. The molecule has 0 radical (unpaired) electrons. The zero-order valence-corrected chi connectivity index (χ0v) is 32.5. The van der Waals surface area contributed by atoms with Crippen LogP contribution in [0.2, 0.25) is 0 Å². The summed E-state index contributed by atoms with van der Waals surface area (Å²) in [7, 11) is 0. The predicted molar refractivity (Wildman–Crippen MR) is 239 cm³/mol. The van der Waals surface area contributed by atoms with Gasteiger partial charge in [0, 0.05) is 37.9 Å². The monoisotopic (exact) mass is 780 g/mol. The van der Waals surface area contributed by atoms with Gasteiger partial charge in [0.15, 0.2) is 0 Å². The van der Waals surface area contributed by atoms with Gasteiger partial charge in [0.1, 0.15) is 40.5 Å². The van der Waals surface area contributed by atoms with Crippen LogP contribution < -0.4 is 0 Å². The van der Waals surface area contributed by atoms with Crippen LogP contribution in [-0.4, -0.2) is 9.13 Å². The molecule has 0 amide bonds. The van der Waals surface area contributed by atoms with Crippen molar-refractivity contribution in [1.82, 2.24) is 9.13 Å². The molecule has 4 aromatic heterocycles. The SMILES string of the molecule is CC1(n2c3ccccc3c3c4oc5ccccc5c4ccc32)CC=C(c2ccc(C#N)c(C#N)c2-n2c3ccccc3c3c4oc5ccccc5c4ccc32)C(C#N)=C1C#N. The molecule has 4 heterocycles. The van der Waals surface area contributed by atoms with Crippen molar-refractivity contribution in [3.8, 4) is 30.0 Å². The molecule has 1 aliphatic rings. The first-order chi connectivity index (χ1) is 30.0. The van der Waals surface area contributed by atoms with Gasteiger partial charge in [-0.25, -0.2) is 0 Å². The number of furan rings is 2. The van der Waals surface area contributed by atoms with E-state index in [-0.39, 0.29) is 16.7 Å². The summed E-state index contributed by atoms with van der Waals surface area (Å²) in [4.78, 5) is 0. The van der Waals surface area contributed by atoms with Crippen molar-refractivity contribution in [3.05, 3.63) is 167 Å². The Hall–Kier alpha value is -8.82. The molecule has 1 atom stereocenters. The van der Waals surface area contributed by atoms with E-state index in [1.165, 1.54) is 0 Å². The van der Waals surface area contributed by atoms with Crippen molar-refractivity contribution in [2.45, 2.75) is 18.9 Å². The van der Waals surface area contributed by atoms with Crippen molar-refractivity contribution < 1.29 is 8.83 Å². The number of nitriles is 4. The maximum atomic E-state index is 11.3. The highest BCUT2D eigenvalue weighted by Crippen LogP contribution is 2.50. The average molecular weight is 781 g/mol. The highest BCUT2D eigenvalue weighted by Gasteiger charge is 2.41. The second-order valence-electron chi connectivity index (χ2n) is 15.8. The smallest absolute Gasteiger partial charge is 0.145 e. The summed E-state index contributed by atoms with van der Waals surface area (Å²) < 4.78 is 17.3. The molecule has 1 unspecified atom stereocenters. The van der Waals surface area contributed by atoms with E-state index in [4.69, 9.17) is 8.83 Å².